The van der Waals surface area contributed by atoms with E-state index in [9.17, 15) is 14.9 Å². The number of aromatic carboxylic acids is 1. The van der Waals surface area contributed by atoms with Gasteiger partial charge in [0, 0.05) is 7.05 Å². The molecule has 70 valence electrons. The summed E-state index contributed by atoms with van der Waals surface area (Å²) in [7, 11) is 1.45. The van der Waals surface area contributed by atoms with Gasteiger partial charge in [-0.05, 0) is 22.6 Å². The maximum atomic E-state index is 10.5. The molecule has 0 spiro atoms. The Kier molecular flexibility index (Phi) is 2.50. The molecular formula is C5H4IN3O4. The molecule has 1 rings (SSSR count). The molecule has 0 aliphatic carbocycles. The molecule has 0 aliphatic heterocycles. The topological polar surface area (TPSA) is 98.3 Å². The molecule has 1 N–H and O–H groups in total. The van der Waals surface area contributed by atoms with Crippen molar-refractivity contribution < 1.29 is 14.8 Å². The van der Waals surface area contributed by atoms with Gasteiger partial charge in [-0.15, -0.1) is 0 Å². The highest BCUT2D eigenvalue weighted by Crippen LogP contribution is 2.24. The molecule has 0 radical (unpaired) electrons. The second kappa shape index (κ2) is 3.28. The van der Waals surface area contributed by atoms with Crippen LogP contribution in [0.1, 0.15) is 10.5 Å². The second-order valence-electron chi connectivity index (χ2n) is 2.17. The highest BCUT2D eigenvalue weighted by Gasteiger charge is 2.29. The average molecular weight is 297 g/mol. The van der Waals surface area contributed by atoms with E-state index >= 15 is 0 Å². The molecule has 7 nitrogen and oxygen atoms in total. The predicted octanol–water partition coefficient (Wildman–Crippen LogP) is 0.631. The third-order valence-electron chi connectivity index (χ3n) is 1.34. The first kappa shape index (κ1) is 9.89. The summed E-state index contributed by atoms with van der Waals surface area (Å²) in [4.78, 5) is 20.2. The maximum absolute atomic E-state index is 10.5. The quantitative estimate of drug-likeness (QED) is 0.490. The zero-order valence-corrected chi connectivity index (χ0v) is 8.55. The molecule has 13 heavy (non-hydrogen) atoms. The number of hydrogen-bond donors (Lipinski definition) is 1. The largest absolute Gasteiger partial charge is 0.476 e. The van der Waals surface area contributed by atoms with Crippen LogP contribution in [-0.2, 0) is 7.05 Å². The molecule has 1 aromatic heterocycles. The zero-order valence-electron chi connectivity index (χ0n) is 6.39. The smallest absolute Gasteiger partial charge is 0.363 e. The van der Waals surface area contributed by atoms with Crippen LogP contribution in [0.4, 0.5) is 5.69 Å². The van der Waals surface area contributed by atoms with Crippen LogP contribution in [0.5, 0.6) is 0 Å². The first-order chi connectivity index (χ1) is 5.95. The summed E-state index contributed by atoms with van der Waals surface area (Å²) in [5.41, 5.74) is -0.993. The number of carboxylic acid groups (broad SMARTS) is 1. The minimum atomic E-state index is -1.40. The number of hydrogen-bond acceptors (Lipinski definition) is 4. The number of rotatable bonds is 2. The number of nitrogens with zero attached hydrogens (tertiary/aromatic N) is 3. The maximum Gasteiger partial charge on any atom is 0.363 e. The standard InChI is InChI=1S/C5H4IN3O4/c1-8-4(6)3(9(12)13)2(7-8)5(10)11/h1H3,(H,10,11). The summed E-state index contributed by atoms with van der Waals surface area (Å²) in [6.45, 7) is 0. The van der Waals surface area contributed by atoms with Crippen molar-refractivity contribution in [2.24, 2.45) is 7.05 Å². The van der Waals surface area contributed by atoms with Crippen LogP contribution in [-0.4, -0.2) is 25.8 Å². The van der Waals surface area contributed by atoms with Gasteiger partial charge in [0.1, 0.15) is 0 Å². The second-order valence-corrected chi connectivity index (χ2v) is 3.20. The Labute approximate surface area is 85.6 Å². The van der Waals surface area contributed by atoms with Gasteiger partial charge in [0.2, 0.25) is 5.69 Å². The van der Waals surface area contributed by atoms with Gasteiger partial charge in [0.15, 0.2) is 3.70 Å². The van der Waals surface area contributed by atoms with E-state index in [1.54, 1.807) is 22.6 Å². The first-order valence-corrected chi connectivity index (χ1v) is 4.13. The summed E-state index contributed by atoms with van der Waals surface area (Å²) >= 11 is 1.67. The van der Waals surface area contributed by atoms with Crippen molar-refractivity contribution in [2.75, 3.05) is 0 Å². The number of nitro groups is 1. The summed E-state index contributed by atoms with van der Waals surface area (Å²) in [5.74, 6) is -1.40. The Bertz CT molecular complexity index is 385. The number of carbonyl (C=O) groups is 1. The molecule has 8 heteroatoms. The Morgan fingerprint density at radius 2 is 2.31 bits per heavy atom. The van der Waals surface area contributed by atoms with Gasteiger partial charge in [-0.3, -0.25) is 14.8 Å². The van der Waals surface area contributed by atoms with Crippen LogP contribution < -0.4 is 0 Å². The molecule has 0 aromatic carbocycles. The molecule has 0 fully saturated rings. The van der Waals surface area contributed by atoms with E-state index in [0.29, 0.717) is 0 Å². The number of halogens is 1. The third kappa shape index (κ3) is 1.61. The highest BCUT2D eigenvalue weighted by molar-refractivity contribution is 14.1. The molecular weight excluding hydrogens is 293 g/mol. The molecule has 0 unspecified atom stereocenters. The van der Waals surface area contributed by atoms with E-state index in [-0.39, 0.29) is 3.70 Å². The fraction of sp³-hybridized carbons (Fsp3) is 0.200. The Hall–Kier alpha value is -1.19. The Morgan fingerprint density at radius 3 is 2.62 bits per heavy atom. The molecule has 0 aliphatic rings. The highest BCUT2D eigenvalue weighted by atomic mass is 127. The fourth-order valence-corrected chi connectivity index (χ4v) is 1.36. The Morgan fingerprint density at radius 1 is 1.77 bits per heavy atom. The van der Waals surface area contributed by atoms with E-state index in [2.05, 4.69) is 5.10 Å². The Balaban J connectivity index is 3.44. The van der Waals surface area contributed by atoms with Crippen molar-refractivity contribution >= 4 is 34.2 Å². The van der Waals surface area contributed by atoms with Crippen LogP contribution in [0, 0.1) is 13.8 Å². The van der Waals surface area contributed by atoms with Crippen LogP contribution in [0.25, 0.3) is 0 Å². The summed E-state index contributed by atoms with van der Waals surface area (Å²) < 4.78 is 1.35. The average Bonchev–Trinajstić information content (AvgIpc) is 2.28. The third-order valence-corrected chi connectivity index (χ3v) is 2.55. The summed E-state index contributed by atoms with van der Waals surface area (Å²) in [6.07, 6.45) is 0. The van der Waals surface area contributed by atoms with E-state index in [1.165, 1.54) is 7.05 Å². The van der Waals surface area contributed by atoms with Crippen molar-refractivity contribution in [3.63, 3.8) is 0 Å². The predicted molar refractivity (Wildman–Crippen MR) is 49.5 cm³/mol. The fourth-order valence-electron chi connectivity index (χ4n) is 0.798. The minimum absolute atomic E-state index is 0.194. The molecule has 0 saturated carbocycles. The monoisotopic (exact) mass is 297 g/mol. The van der Waals surface area contributed by atoms with E-state index in [4.69, 9.17) is 5.11 Å². The van der Waals surface area contributed by atoms with Crippen molar-refractivity contribution in [2.45, 2.75) is 0 Å². The van der Waals surface area contributed by atoms with Crippen molar-refractivity contribution in [3.8, 4) is 0 Å². The van der Waals surface area contributed by atoms with Crippen molar-refractivity contribution in [1.82, 2.24) is 9.78 Å². The minimum Gasteiger partial charge on any atom is -0.476 e. The SMILES string of the molecule is Cn1nc(C(=O)O)c([N+](=O)[O-])c1I. The number of aromatic nitrogens is 2. The van der Waals surface area contributed by atoms with Gasteiger partial charge in [0.25, 0.3) is 0 Å². The van der Waals surface area contributed by atoms with Gasteiger partial charge in [-0.2, -0.15) is 5.10 Å². The van der Waals surface area contributed by atoms with Crippen LogP contribution >= 0.6 is 22.6 Å². The lowest BCUT2D eigenvalue weighted by Gasteiger charge is -1.88. The van der Waals surface area contributed by atoms with Gasteiger partial charge in [-0.1, -0.05) is 0 Å². The van der Waals surface area contributed by atoms with Gasteiger partial charge in [-0.25, -0.2) is 4.79 Å². The van der Waals surface area contributed by atoms with E-state index in [1.807, 2.05) is 0 Å². The van der Waals surface area contributed by atoms with Crippen LogP contribution in [0.15, 0.2) is 0 Å². The number of aryl methyl sites for hydroxylation is 1. The van der Waals surface area contributed by atoms with E-state index < -0.39 is 22.3 Å². The molecule has 1 heterocycles. The van der Waals surface area contributed by atoms with Gasteiger partial charge in [0.05, 0.1) is 4.92 Å². The summed E-state index contributed by atoms with van der Waals surface area (Å²) in [5, 5.41) is 22.5. The lowest BCUT2D eigenvalue weighted by atomic mass is 10.4. The molecule has 0 bridgehead atoms. The lowest BCUT2D eigenvalue weighted by molar-refractivity contribution is -0.386. The molecule has 1 aromatic rings. The molecule has 0 saturated heterocycles. The van der Waals surface area contributed by atoms with E-state index in [0.717, 1.165) is 4.68 Å². The zero-order chi connectivity index (χ0) is 10.2. The lowest BCUT2D eigenvalue weighted by Crippen LogP contribution is -2.02. The normalized spacial score (nSPS) is 10.0. The molecule has 0 amide bonds. The molecule has 0 atom stereocenters. The van der Waals surface area contributed by atoms with Gasteiger partial charge >= 0.3 is 11.7 Å². The first-order valence-electron chi connectivity index (χ1n) is 3.05. The van der Waals surface area contributed by atoms with Crippen LogP contribution in [0.2, 0.25) is 0 Å². The summed E-state index contributed by atoms with van der Waals surface area (Å²) in [6, 6.07) is 0. The van der Waals surface area contributed by atoms with Gasteiger partial charge < -0.3 is 5.11 Å². The van der Waals surface area contributed by atoms with Crippen molar-refractivity contribution in [3.05, 3.63) is 19.5 Å². The van der Waals surface area contributed by atoms with Crippen LogP contribution in [0.3, 0.4) is 0 Å². The number of carboxylic acids is 1. The van der Waals surface area contributed by atoms with Crippen molar-refractivity contribution in [1.29, 1.82) is 0 Å².